The minimum atomic E-state index is -3.55. The molecule has 0 unspecified atom stereocenters. The zero-order valence-electron chi connectivity index (χ0n) is 18.8. The molecule has 0 radical (unpaired) electrons. The number of aromatic nitrogens is 1. The zero-order valence-corrected chi connectivity index (χ0v) is 20.4. The van der Waals surface area contributed by atoms with Gasteiger partial charge >= 0.3 is 0 Å². The molecule has 1 aromatic heterocycles. The van der Waals surface area contributed by atoms with Crippen molar-refractivity contribution in [3.05, 3.63) is 78.0 Å². The van der Waals surface area contributed by atoms with E-state index in [4.69, 9.17) is 0 Å². The number of hydrogen-bond acceptors (Lipinski definition) is 5. The van der Waals surface area contributed by atoms with Crippen molar-refractivity contribution in [2.24, 2.45) is 0 Å². The van der Waals surface area contributed by atoms with Gasteiger partial charge in [-0.2, -0.15) is 4.31 Å². The average Bonchev–Trinajstić information content (AvgIpc) is 3.00. The Morgan fingerprint density at radius 2 is 1.52 bits per heavy atom. The fourth-order valence-corrected chi connectivity index (χ4v) is 6.16. The number of anilines is 2. The van der Waals surface area contributed by atoms with E-state index < -0.39 is 10.0 Å². The number of benzene rings is 2. The number of pyridine rings is 1. The van der Waals surface area contributed by atoms with Crippen LogP contribution in [0.25, 0.3) is 0 Å². The summed E-state index contributed by atoms with van der Waals surface area (Å²) in [5, 5.41) is 0.609. The summed E-state index contributed by atoms with van der Waals surface area (Å²) in [5.41, 5.74) is 4.13. The van der Waals surface area contributed by atoms with Gasteiger partial charge in [-0.3, -0.25) is 9.69 Å². The molecule has 0 saturated heterocycles. The first kappa shape index (κ1) is 23.5. The minimum Gasteiger partial charge on any atom is -0.280 e. The van der Waals surface area contributed by atoms with Gasteiger partial charge in [-0.15, -0.1) is 0 Å². The lowest BCUT2D eigenvalue weighted by Gasteiger charge is -2.25. The first-order chi connectivity index (χ1) is 16.0. The SMILES string of the molecule is CCN(CC)S(=O)(=O)c1ccc(SCC(=O)N2c3ccccc3CCc3ccccc32)nc1. The number of thioether (sulfide) groups is 1. The zero-order chi connectivity index (χ0) is 23.4. The smallest absolute Gasteiger partial charge is 0.244 e. The Hall–Kier alpha value is -2.68. The Labute approximate surface area is 199 Å². The molecule has 8 heteroatoms. The van der Waals surface area contributed by atoms with Crippen LogP contribution in [0.2, 0.25) is 0 Å². The Morgan fingerprint density at radius 1 is 0.939 bits per heavy atom. The Balaban J connectivity index is 1.54. The summed E-state index contributed by atoms with van der Waals surface area (Å²) in [6.45, 7) is 4.43. The molecule has 4 rings (SSSR count). The van der Waals surface area contributed by atoms with E-state index in [0.29, 0.717) is 18.1 Å². The number of aryl methyl sites for hydroxylation is 2. The van der Waals surface area contributed by atoms with E-state index in [1.165, 1.54) is 22.3 Å². The molecule has 3 aromatic rings. The fourth-order valence-electron chi connectivity index (χ4n) is 4.07. The van der Waals surface area contributed by atoms with Gasteiger partial charge in [-0.1, -0.05) is 62.0 Å². The van der Waals surface area contributed by atoms with Crippen molar-refractivity contribution in [3.8, 4) is 0 Å². The Kier molecular flexibility index (Phi) is 7.17. The van der Waals surface area contributed by atoms with E-state index in [0.717, 1.165) is 35.3 Å². The molecule has 2 aromatic carbocycles. The predicted molar refractivity (Wildman–Crippen MR) is 133 cm³/mol. The average molecular weight is 482 g/mol. The summed E-state index contributed by atoms with van der Waals surface area (Å²) in [6.07, 6.45) is 3.14. The highest BCUT2D eigenvalue weighted by Gasteiger charge is 2.26. The number of hydrogen-bond donors (Lipinski definition) is 0. The van der Waals surface area contributed by atoms with Crippen molar-refractivity contribution in [2.45, 2.75) is 36.6 Å². The summed E-state index contributed by atoms with van der Waals surface area (Å²) >= 11 is 1.31. The van der Waals surface area contributed by atoms with Gasteiger partial charge in [-0.25, -0.2) is 13.4 Å². The van der Waals surface area contributed by atoms with Gasteiger partial charge in [0.15, 0.2) is 0 Å². The monoisotopic (exact) mass is 481 g/mol. The number of sulfonamides is 1. The molecule has 0 atom stereocenters. The number of carbonyl (C=O) groups excluding carboxylic acids is 1. The van der Waals surface area contributed by atoms with Gasteiger partial charge in [0, 0.05) is 19.3 Å². The number of amides is 1. The number of carbonyl (C=O) groups is 1. The Bertz CT molecular complexity index is 1190. The third-order valence-electron chi connectivity index (χ3n) is 5.77. The van der Waals surface area contributed by atoms with Crippen LogP contribution in [0.5, 0.6) is 0 Å². The normalized spacial score (nSPS) is 13.4. The third kappa shape index (κ3) is 4.83. The minimum absolute atomic E-state index is 0.0385. The highest BCUT2D eigenvalue weighted by atomic mass is 32.2. The van der Waals surface area contributed by atoms with Gasteiger partial charge < -0.3 is 0 Å². The standard InChI is InChI=1S/C25H27N3O3S2/c1-3-27(4-2)33(30,31)21-15-16-24(26-17-21)32-18-25(29)28-22-11-7-5-9-19(22)13-14-20-10-6-8-12-23(20)28/h5-12,15-17H,3-4,13-14,18H2,1-2H3. The van der Waals surface area contributed by atoms with Crippen LogP contribution in [-0.4, -0.2) is 42.5 Å². The maximum Gasteiger partial charge on any atom is 0.244 e. The lowest BCUT2D eigenvalue weighted by Crippen LogP contribution is -2.30. The number of rotatable bonds is 7. The molecule has 1 aliphatic rings. The van der Waals surface area contributed by atoms with Gasteiger partial charge in [0.2, 0.25) is 15.9 Å². The lowest BCUT2D eigenvalue weighted by molar-refractivity contribution is -0.115. The molecule has 1 aliphatic heterocycles. The van der Waals surface area contributed by atoms with Crippen molar-refractivity contribution in [1.82, 2.24) is 9.29 Å². The molecular weight excluding hydrogens is 454 g/mol. The predicted octanol–water partition coefficient (Wildman–Crippen LogP) is 4.67. The van der Waals surface area contributed by atoms with Crippen LogP contribution in [0.1, 0.15) is 25.0 Å². The molecule has 0 spiro atoms. The number of nitrogens with zero attached hydrogens (tertiary/aromatic N) is 3. The van der Waals surface area contributed by atoms with Gasteiger partial charge in [-0.05, 0) is 48.2 Å². The molecule has 172 valence electrons. The summed E-state index contributed by atoms with van der Waals surface area (Å²) in [6, 6.07) is 19.3. The lowest BCUT2D eigenvalue weighted by atomic mass is 10.0. The maximum absolute atomic E-state index is 13.4. The second kappa shape index (κ2) is 10.1. The molecule has 0 fully saturated rings. The molecule has 0 saturated carbocycles. The molecule has 2 heterocycles. The van der Waals surface area contributed by atoms with Crippen molar-refractivity contribution >= 4 is 39.1 Å². The van der Waals surface area contributed by atoms with E-state index in [1.807, 2.05) is 55.1 Å². The highest BCUT2D eigenvalue weighted by Crippen LogP contribution is 2.36. The first-order valence-corrected chi connectivity index (χ1v) is 13.5. The van der Waals surface area contributed by atoms with E-state index in [1.54, 1.807) is 12.1 Å². The van der Waals surface area contributed by atoms with Crippen molar-refractivity contribution < 1.29 is 13.2 Å². The first-order valence-electron chi connectivity index (χ1n) is 11.0. The molecule has 33 heavy (non-hydrogen) atoms. The molecule has 0 aliphatic carbocycles. The fraction of sp³-hybridized carbons (Fsp3) is 0.280. The molecule has 0 bridgehead atoms. The van der Waals surface area contributed by atoms with Crippen molar-refractivity contribution in [3.63, 3.8) is 0 Å². The number of para-hydroxylation sites is 2. The van der Waals surface area contributed by atoms with Crippen LogP contribution in [0, 0.1) is 0 Å². The van der Waals surface area contributed by atoms with Gasteiger partial charge in [0.05, 0.1) is 22.2 Å². The summed E-state index contributed by atoms with van der Waals surface area (Å²) in [7, 11) is -3.55. The molecule has 6 nitrogen and oxygen atoms in total. The molecule has 0 N–H and O–H groups in total. The van der Waals surface area contributed by atoms with Crippen LogP contribution in [0.15, 0.2) is 76.8 Å². The topological polar surface area (TPSA) is 70.6 Å². The van der Waals surface area contributed by atoms with E-state index >= 15 is 0 Å². The van der Waals surface area contributed by atoms with Crippen molar-refractivity contribution in [2.75, 3.05) is 23.7 Å². The van der Waals surface area contributed by atoms with Crippen molar-refractivity contribution in [1.29, 1.82) is 0 Å². The van der Waals surface area contributed by atoms with E-state index in [-0.39, 0.29) is 16.6 Å². The van der Waals surface area contributed by atoms with Crippen LogP contribution in [0.3, 0.4) is 0 Å². The second-order valence-electron chi connectivity index (χ2n) is 7.70. The quantitative estimate of drug-likeness (QED) is 0.459. The summed E-state index contributed by atoms with van der Waals surface area (Å²) < 4.78 is 26.7. The van der Waals surface area contributed by atoms with Crippen LogP contribution in [0.4, 0.5) is 11.4 Å². The molecular formula is C25H27N3O3S2. The summed E-state index contributed by atoms with van der Waals surface area (Å²) in [4.78, 5) is 19.7. The van der Waals surface area contributed by atoms with Gasteiger partial charge in [0.25, 0.3) is 0 Å². The second-order valence-corrected chi connectivity index (χ2v) is 10.6. The largest absolute Gasteiger partial charge is 0.280 e. The number of fused-ring (bicyclic) bond motifs is 2. The highest BCUT2D eigenvalue weighted by molar-refractivity contribution is 7.99. The third-order valence-corrected chi connectivity index (χ3v) is 8.74. The van der Waals surface area contributed by atoms with Crippen LogP contribution in [-0.2, 0) is 27.7 Å². The van der Waals surface area contributed by atoms with E-state index in [9.17, 15) is 13.2 Å². The van der Waals surface area contributed by atoms with Crippen LogP contribution < -0.4 is 4.90 Å². The van der Waals surface area contributed by atoms with Crippen LogP contribution >= 0.6 is 11.8 Å². The molecule has 1 amide bonds. The Morgan fingerprint density at radius 3 is 2.03 bits per heavy atom. The van der Waals surface area contributed by atoms with Gasteiger partial charge in [0.1, 0.15) is 4.90 Å². The maximum atomic E-state index is 13.4. The van der Waals surface area contributed by atoms with E-state index in [2.05, 4.69) is 17.1 Å². The summed E-state index contributed by atoms with van der Waals surface area (Å²) in [5.74, 6) is 0.154.